The predicted octanol–water partition coefficient (Wildman–Crippen LogP) is 5.79. The van der Waals surface area contributed by atoms with Gasteiger partial charge in [0.15, 0.2) is 11.5 Å². The van der Waals surface area contributed by atoms with Gasteiger partial charge in [0.2, 0.25) is 0 Å². The largest absolute Gasteiger partial charge is 0.493 e. The van der Waals surface area contributed by atoms with Gasteiger partial charge < -0.3 is 25.6 Å². The zero-order chi connectivity index (χ0) is 29.8. The van der Waals surface area contributed by atoms with E-state index in [2.05, 4.69) is 17.5 Å². The fourth-order valence-corrected chi connectivity index (χ4v) is 5.92. The van der Waals surface area contributed by atoms with Crippen molar-refractivity contribution in [2.45, 2.75) is 25.4 Å². The molecule has 1 aliphatic carbocycles. The molecule has 4 N–H and O–H groups in total. The molecule has 220 valence electrons. The van der Waals surface area contributed by atoms with E-state index in [4.69, 9.17) is 43.5 Å². The van der Waals surface area contributed by atoms with E-state index in [9.17, 15) is 9.90 Å². The highest BCUT2D eigenvalue weighted by Gasteiger charge is 2.40. The van der Waals surface area contributed by atoms with Crippen LogP contribution < -0.4 is 25.5 Å². The minimum atomic E-state index is -0.774. The lowest BCUT2D eigenvalue weighted by molar-refractivity contribution is -0.123. The highest BCUT2D eigenvalue weighted by molar-refractivity contribution is 6.38. The smallest absolute Gasteiger partial charge is 0.251 e. The van der Waals surface area contributed by atoms with Gasteiger partial charge in [-0.3, -0.25) is 4.79 Å². The number of anilines is 2. The molecule has 0 saturated heterocycles. The number of nitrogens with zero attached hydrogens (tertiary/aromatic N) is 2. The lowest BCUT2D eigenvalue weighted by Crippen LogP contribution is -2.45. The van der Waals surface area contributed by atoms with Crippen molar-refractivity contribution in [3.8, 4) is 11.5 Å². The van der Waals surface area contributed by atoms with E-state index in [1.165, 1.54) is 5.01 Å². The Bertz CT molecular complexity index is 1490. The number of hydrazone groups is 1. The summed E-state index contributed by atoms with van der Waals surface area (Å²) in [7, 11) is 3.22. The minimum Gasteiger partial charge on any atom is -0.493 e. The number of rotatable bonds is 10. The first-order valence-electron chi connectivity index (χ1n) is 13.8. The quantitative estimate of drug-likeness (QED) is 0.153. The molecule has 10 heteroatoms. The number of fused-ring (bicyclic) bond motifs is 1. The third-order valence-electron chi connectivity index (χ3n) is 7.79. The molecule has 0 spiro atoms. The van der Waals surface area contributed by atoms with Crippen molar-refractivity contribution in [3.63, 3.8) is 0 Å². The molecule has 1 aliphatic heterocycles. The molecule has 0 bridgehead atoms. The van der Waals surface area contributed by atoms with Crippen molar-refractivity contribution in [1.29, 1.82) is 0 Å². The molecular formula is C32H34Cl2N4O4. The Kier molecular flexibility index (Phi) is 9.38. The molecule has 3 atom stereocenters. The lowest BCUT2D eigenvalue weighted by Gasteiger charge is -2.37. The number of aliphatic hydroxyl groups is 1. The average Bonchev–Trinajstić information content (AvgIpc) is 3.02. The summed E-state index contributed by atoms with van der Waals surface area (Å²) in [5.74, 6) is 1.08. The first-order chi connectivity index (χ1) is 20.3. The predicted molar refractivity (Wildman–Crippen MR) is 168 cm³/mol. The molecule has 0 radical (unpaired) electrons. The third kappa shape index (κ3) is 6.27. The molecule has 1 unspecified atom stereocenters. The number of hydrogen-bond acceptors (Lipinski definition) is 7. The number of carbonyl (C=O) groups is 1. The van der Waals surface area contributed by atoms with E-state index in [1.54, 1.807) is 26.4 Å². The topological polar surface area (TPSA) is 109 Å². The van der Waals surface area contributed by atoms with Gasteiger partial charge in [-0.05, 0) is 79.4 Å². The van der Waals surface area contributed by atoms with E-state index >= 15 is 0 Å². The summed E-state index contributed by atoms with van der Waals surface area (Å²) >= 11 is 12.2. The van der Waals surface area contributed by atoms with Crippen molar-refractivity contribution < 1.29 is 19.4 Å². The molecule has 5 rings (SSSR count). The van der Waals surface area contributed by atoms with Gasteiger partial charge in [0.05, 0.1) is 53.4 Å². The van der Waals surface area contributed by atoms with Gasteiger partial charge in [0, 0.05) is 18.0 Å². The van der Waals surface area contributed by atoms with E-state index in [1.807, 2.05) is 42.5 Å². The number of nitrogens with one attached hydrogen (secondary N) is 1. The number of benzene rings is 3. The monoisotopic (exact) mass is 608 g/mol. The van der Waals surface area contributed by atoms with E-state index in [0.29, 0.717) is 52.3 Å². The number of halogens is 2. The summed E-state index contributed by atoms with van der Waals surface area (Å²) in [6.07, 6.45) is 5.61. The molecular weight excluding hydrogens is 575 g/mol. The Morgan fingerprint density at radius 3 is 2.33 bits per heavy atom. The highest BCUT2D eigenvalue weighted by atomic mass is 35.5. The SMILES string of the molecule is COc1ccc(C2=NN(c3ccc(CCNCC(O)c4cc(Cl)c(N)c(Cl)c4)cc3)C(=O)[C@@H]3CC=CC[C@H]23)cc1OC. The maximum Gasteiger partial charge on any atom is 0.251 e. The van der Waals surface area contributed by atoms with Gasteiger partial charge in [0.25, 0.3) is 5.91 Å². The van der Waals surface area contributed by atoms with Crippen molar-refractivity contribution in [1.82, 2.24) is 5.32 Å². The third-order valence-corrected chi connectivity index (χ3v) is 8.42. The summed E-state index contributed by atoms with van der Waals surface area (Å²) in [6, 6.07) is 16.9. The van der Waals surface area contributed by atoms with Crippen molar-refractivity contribution in [2.24, 2.45) is 16.9 Å². The molecule has 8 nitrogen and oxygen atoms in total. The molecule has 0 aromatic heterocycles. The van der Waals surface area contributed by atoms with E-state index in [0.717, 1.165) is 35.4 Å². The van der Waals surface area contributed by atoms with Crippen molar-refractivity contribution in [3.05, 3.63) is 93.5 Å². The first kappa shape index (κ1) is 29.9. The van der Waals surface area contributed by atoms with Crippen molar-refractivity contribution >= 4 is 46.2 Å². The average molecular weight is 610 g/mol. The Hall–Kier alpha value is -3.56. The highest BCUT2D eigenvalue weighted by Crippen LogP contribution is 2.38. The van der Waals surface area contributed by atoms with Crippen LogP contribution in [-0.2, 0) is 11.2 Å². The zero-order valence-electron chi connectivity index (χ0n) is 23.5. The second kappa shape index (κ2) is 13.2. The lowest BCUT2D eigenvalue weighted by atomic mass is 9.76. The number of nitrogens with two attached hydrogens (primary N) is 1. The zero-order valence-corrected chi connectivity index (χ0v) is 25.0. The number of allylic oxidation sites excluding steroid dienone is 2. The summed E-state index contributed by atoms with van der Waals surface area (Å²) in [6.45, 7) is 0.981. The first-order valence-corrected chi connectivity index (χ1v) is 14.6. The molecule has 2 aliphatic rings. The number of hydrogen-bond donors (Lipinski definition) is 3. The van der Waals surface area contributed by atoms with Crippen LogP contribution in [0.4, 0.5) is 11.4 Å². The number of amides is 1. The maximum absolute atomic E-state index is 13.6. The van der Waals surface area contributed by atoms with Crippen LogP contribution >= 0.6 is 23.2 Å². The second-order valence-corrected chi connectivity index (χ2v) is 11.2. The van der Waals surface area contributed by atoms with Crippen LogP contribution in [-0.4, -0.2) is 44.0 Å². The fraction of sp³-hybridized carbons (Fsp3) is 0.312. The van der Waals surface area contributed by atoms with Crippen LogP contribution in [0.1, 0.15) is 35.6 Å². The Balaban J connectivity index is 1.27. The number of aliphatic hydroxyl groups excluding tert-OH is 1. The normalized spacial score (nSPS) is 18.8. The van der Waals surface area contributed by atoms with Gasteiger partial charge in [-0.1, -0.05) is 47.5 Å². The van der Waals surface area contributed by atoms with Crippen LogP contribution in [0.3, 0.4) is 0 Å². The molecule has 3 aromatic rings. The van der Waals surface area contributed by atoms with Crippen molar-refractivity contribution in [2.75, 3.05) is 38.1 Å². The number of nitrogen functional groups attached to an aromatic ring is 1. The Labute approximate surface area is 255 Å². The summed E-state index contributed by atoms with van der Waals surface area (Å²) < 4.78 is 10.9. The molecule has 42 heavy (non-hydrogen) atoms. The second-order valence-electron chi connectivity index (χ2n) is 10.4. The van der Waals surface area contributed by atoms with E-state index < -0.39 is 6.10 Å². The standard InChI is InChI=1S/C32H34Cl2N4O4/c1-41-28-12-9-20(17-29(28)42-2)31-23-5-3-4-6-24(23)32(40)38(37-31)22-10-7-19(8-11-22)13-14-36-18-27(39)21-15-25(33)30(35)26(34)16-21/h3-4,7-12,15-17,23-24,27,36,39H,5-6,13-14,18,35H2,1-2H3/t23-,24+,27?/m0/s1. The Morgan fingerprint density at radius 1 is 1.00 bits per heavy atom. The fourth-order valence-electron chi connectivity index (χ4n) is 5.42. The van der Waals surface area contributed by atoms with E-state index in [-0.39, 0.29) is 17.7 Å². The van der Waals surface area contributed by atoms with Crippen LogP contribution in [0.25, 0.3) is 0 Å². The van der Waals surface area contributed by atoms with Crippen LogP contribution in [0.15, 0.2) is 71.9 Å². The van der Waals surface area contributed by atoms with Crippen LogP contribution in [0.5, 0.6) is 11.5 Å². The molecule has 1 heterocycles. The minimum absolute atomic E-state index is 0.000133. The molecule has 3 aromatic carbocycles. The van der Waals surface area contributed by atoms with Gasteiger partial charge in [-0.2, -0.15) is 5.10 Å². The van der Waals surface area contributed by atoms with Gasteiger partial charge in [0.1, 0.15) is 0 Å². The van der Waals surface area contributed by atoms with Crippen LogP contribution in [0.2, 0.25) is 10.0 Å². The summed E-state index contributed by atoms with van der Waals surface area (Å²) in [4.78, 5) is 13.6. The molecule has 0 fully saturated rings. The van der Waals surface area contributed by atoms with Crippen LogP contribution in [0, 0.1) is 11.8 Å². The summed E-state index contributed by atoms with van der Waals surface area (Å²) in [5, 5.41) is 20.8. The number of ether oxygens (including phenoxy) is 2. The van der Waals surface area contributed by atoms with Gasteiger partial charge in [-0.25, -0.2) is 5.01 Å². The number of methoxy groups -OCH3 is 2. The molecule has 0 saturated carbocycles. The number of carbonyl (C=O) groups excluding carboxylic acids is 1. The Morgan fingerprint density at radius 2 is 1.67 bits per heavy atom. The maximum atomic E-state index is 13.6. The summed E-state index contributed by atoms with van der Waals surface area (Å²) in [5.41, 5.74) is 10.3. The van der Waals surface area contributed by atoms with Gasteiger partial charge >= 0.3 is 0 Å². The van der Waals surface area contributed by atoms with Gasteiger partial charge in [-0.15, -0.1) is 0 Å². The molecule has 1 amide bonds.